The van der Waals surface area contributed by atoms with Gasteiger partial charge in [0.2, 0.25) is 0 Å². The summed E-state index contributed by atoms with van der Waals surface area (Å²) < 4.78 is 0. The number of allylic oxidation sites excluding steroid dienone is 3. The molecule has 9 heavy (non-hydrogen) atoms. The molecule has 0 unspecified atom stereocenters. The fourth-order valence-electron chi connectivity index (χ4n) is 0.319. The molecule has 0 heteroatoms. The Labute approximate surface area is 59.3 Å². The zero-order chi connectivity index (χ0) is 7.70. The molecule has 0 aliphatic rings. The maximum absolute atomic E-state index is 3.71. The maximum Gasteiger partial charge on any atom is -0.0376 e. The number of hydrogen-bond donors (Lipinski definition) is 0. The van der Waals surface area contributed by atoms with Crippen LogP contribution in [0.2, 0.25) is 0 Å². The van der Waals surface area contributed by atoms with Gasteiger partial charge in [0.25, 0.3) is 0 Å². The first-order valence-corrected chi connectivity index (χ1v) is 3.59. The van der Waals surface area contributed by atoms with Gasteiger partial charge in [-0.3, -0.25) is 0 Å². The van der Waals surface area contributed by atoms with Crippen molar-refractivity contribution in [1.82, 2.24) is 0 Å². The Hall–Kier alpha value is -0.520. The summed E-state index contributed by atoms with van der Waals surface area (Å²) in [5.41, 5.74) is 1.13. The van der Waals surface area contributed by atoms with Crippen molar-refractivity contribution in [2.75, 3.05) is 0 Å². The Bertz CT molecular complexity index is 78.0. The lowest BCUT2D eigenvalue weighted by molar-refractivity contribution is 1.22. The van der Waals surface area contributed by atoms with Crippen molar-refractivity contribution in [3.63, 3.8) is 0 Å². The minimum atomic E-state index is 1.10. The molecule has 0 spiro atoms. The zero-order valence-electron chi connectivity index (χ0n) is 7.07. The van der Waals surface area contributed by atoms with Crippen LogP contribution in [0.25, 0.3) is 0 Å². The summed E-state index contributed by atoms with van der Waals surface area (Å²) in [4.78, 5) is 0. The molecule has 0 aromatic heterocycles. The summed E-state index contributed by atoms with van der Waals surface area (Å²) in [5, 5.41) is 0. The van der Waals surface area contributed by atoms with Gasteiger partial charge in [-0.2, -0.15) is 0 Å². The summed E-state index contributed by atoms with van der Waals surface area (Å²) in [6.07, 6.45) is 5.23. The Kier molecular flexibility index (Phi) is 13.1. The molecule has 0 saturated heterocycles. The molecule has 0 amide bonds. The molecule has 0 atom stereocenters. The van der Waals surface area contributed by atoms with Gasteiger partial charge in [-0.15, -0.1) is 0 Å². The Morgan fingerprint density at radius 3 is 2.00 bits per heavy atom. The molecule has 0 aromatic carbocycles. The first-order valence-electron chi connectivity index (χ1n) is 3.59. The standard InChI is InChI=1S/C7H12.C2H6/c1-4-5-6-7(2)3;1-2/h5-6H,2,4H2,1,3H3;1-2H3/b6-5-;. The normalized spacial score (nSPS) is 8.44. The van der Waals surface area contributed by atoms with Crippen LogP contribution in [0.5, 0.6) is 0 Å². The summed E-state index contributed by atoms with van der Waals surface area (Å²) >= 11 is 0. The highest BCUT2D eigenvalue weighted by Crippen LogP contribution is 1.89. The van der Waals surface area contributed by atoms with Crippen LogP contribution in [0.1, 0.15) is 34.1 Å². The van der Waals surface area contributed by atoms with E-state index in [-0.39, 0.29) is 0 Å². The third-order valence-electron chi connectivity index (χ3n) is 0.638. The van der Waals surface area contributed by atoms with Crippen molar-refractivity contribution in [1.29, 1.82) is 0 Å². The van der Waals surface area contributed by atoms with Crippen LogP contribution in [0.4, 0.5) is 0 Å². The predicted molar refractivity (Wildman–Crippen MR) is 45.6 cm³/mol. The van der Waals surface area contributed by atoms with E-state index in [1.165, 1.54) is 0 Å². The first-order chi connectivity index (χ1) is 4.27. The van der Waals surface area contributed by atoms with Crippen LogP contribution >= 0.6 is 0 Å². The molecule has 0 saturated carbocycles. The molecule has 0 nitrogen and oxygen atoms in total. The zero-order valence-corrected chi connectivity index (χ0v) is 7.07. The quantitative estimate of drug-likeness (QED) is 0.496. The summed E-state index contributed by atoms with van der Waals surface area (Å²) in [7, 11) is 0. The van der Waals surface area contributed by atoms with Crippen molar-refractivity contribution in [3.05, 3.63) is 24.3 Å². The molecular weight excluding hydrogens is 108 g/mol. The largest absolute Gasteiger partial charge is 0.0961 e. The molecular formula is C9H18. The van der Waals surface area contributed by atoms with E-state index in [2.05, 4.69) is 19.6 Å². The minimum Gasteiger partial charge on any atom is -0.0961 e. The highest BCUT2D eigenvalue weighted by molar-refractivity contribution is 5.10. The van der Waals surface area contributed by atoms with Gasteiger partial charge in [0.05, 0.1) is 0 Å². The second-order valence-corrected chi connectivity index (χ2v) is 1.66. The monoisotopic (exact) mass is 126 g/mol. The fraction of sp³-hybridized carbons (Fsp3) is 0.556. The lowest BCUT2D eigenvalue weighted by atomic mass is 10.3. The van der Waals surface area contributed by atoms with E-state index in [1.807, 2.05) is 26.8 Å². The van der Waals surface area contributed by atoms with Crippen LogP contribution < -0.4 is 0 Å². The topological polar surface area (TPSA) is 0 Å². The lowest BCUT2D eigenvalue weighted by Gasteiger charge is -1.79. The van der Waals surface area contributed by atoms with Crippen molar-refractivity contribution in [3.8, 4) is 0 Å². The number of hydrogen-bond acceptors (Lipinski definition) is 0. The van der Waals surface area contributed by atoms with Crippen LogP contribution in [0.15, 0.2) is 24.3 Å². The van der Waals surface area contributed by atoms with E-state index in [0.29, 0.717) is 0 Å². The van der Waals surface area contributed by atoms with Gasteiger partial charge in [0.15, 0.2) is 0 Å². The van der Waals surface area contributed by atoms with Gasteiger partial charge in [-0.1, -0.05) is 45.1 Å². The molecule has 0 aliphatic heterocycles. The third-order valence-corrected chi connectivity index (χ3v) is 0.638. The molecule has 0 rings (SSSR count). The third kappa shape index (κ3) is 18.5. The molecule has 0 fully saturated rings. The van der Waals surface area contributed by atoms with Crippen molar-refractivity contribution in [2.24, 2.45) is 0 Å². The van der Waals surface area contributed by atoms with E-state index in [0.717, 1.165) is 12.0 Å². The van der Waals surface area contributed by atoms with Crippen LogP contribution in [-0.2, 0) is 0 Å². The predicted octanol–water partition coefficient (Wildman–Crippen LogP) is 3.55. The highest BCUT2D eigenvalue weighted by Gasteiger charge is 1.67. The Morgan fingerprint density at radius 1 is 1.44 bits per heavy atom. The average molecular weight is 126 g/mol. The lowest BCUT2D eigenvalue weighted by Crippen LogP contribution is -1.58. The molecule has 0 bridgehead atoms. The summed E-state index contributed by atoms with van der Waals surface area (Å²) in [6.45, 7) is 11.8. The summed E-state index contributed by atoms with van der Waals surface area (Å²) in [5.74, 6) is 0. The molecule has 0 N–H and O–H groups in total. The number of rotatable bonds is 2. The second kappa shape index (κ2) is 10.5. The summed E-state index contributed by atoms with van der Waals surface area (Å²) in [6, 6.07) is 0. The van der Waals surface area contributed by atoms with Gasteiger partial charge >= 0.3 is 0 Å². The first kappa shape index (κ1) is 11.3. The van der Waals surface area contributed by atoms with Gasteiger partial charge in [0.1, 0.15) is 0 Å². The van der Waals surface area contributed by atoms with Crippen molar-refractivity contribution < 1.29 is 0 Å². The van der Waals surface area contributed by atoms with Gasteiger partial charge in [-0.05, 0) is 13.3 Å². The smallest absolute Gasteiger partial charge is 0.0376 e. The fourth-order valence-corrected chi connectivity index (χ4v) is 0.319. The van der Waals surface area contributed by atoms with Crippen LogP contribution in [-0.4, -0.2) is 0 Å². The van der Waals surface area contributed by atoms with E-state index < -0.39 is 0 Å². The molecule has 0 heterocycles. The molecule has 0 aromatic rings. The SMILES string of the molecule is C=C(C)/C=C\CC.CC. The van der Waals surface area contributed by atoms with E-state index in [4.69, 9.17) is 0 Å². The highest BCUT2D eigenvalue weighted by atomic mass is 13.7. The second-order valence-electron chi connectivity index (χ2n) is 1.66. The van der Waals surface area contributed by atoms with Crippen molar-refractivity contribution in [2.45, 2.75) is 34.1 Å². The van der Waals surface area contributed by atoms with Crippen LogP contribution in [0, 0.1) is 0 Å². The van der Waals surface area contributed by atoms with Crippen molar-refractivity contribution >= 4 is 0 Å². The Morgan fingerprint density at radius 2 is 1.89 bits per heavy atom. The van der Waals surface area contributed by atoms with E-state index >= 15 is 0 Å². The van der Waals surface area contributed by atoms with Gasteiger partial charge in [0, 0.05) is 0 Å². The van der Waals surface area contributed by atoms with Crippen LogP contribution in [0.3, 0.4) is 0 Å². The minimum absolute atomic E-state index is 1.10. The van der Waals surface area contributed by atoms with Gasteiger partial charge in [-0.25, -0.2) is 0 Å². The van der Waals surface area contributed by atoms with E-state index in [1.54, 1.807) is 0 Å². The molecule has 0 radical (unpaired) electrons. The molecule has 0 aliphatic carbocycles. The molecule has 54 valence electrons. The van der Waals surface area contributed by atoms with E-state index in [9.17, 15) is 0 Å². The Balaban J connectivity index is 0. The van der Waals surface area contributed by atoms with Gasteiger partial charge < -0.3 is 0 Å². The maximum atomic E-state index is 3.71. The average Bonchev–Trinajstić information content (AvgIpc) is 1.88.